The van der Waals surface area contributed by atoms with E-state index in [2.05, 4.69) is 10.3 Å². The maximum absolute atomic E-state index is 11.9. The maximum Gasteiger partial charge on any atom is 0.308 e. The first kappa shape index (κ1) is 12.5. The van der Waals surface area contributed by atoms with Gasteiger partial charge in [-0.1, -0.05) is 5.21 Å². The maximum atomic E-state index is 11.9. The first-order valence-corrected chi connectivity index (χ1v) is 5.90. The summed E-state index contributed by atoms with van der Waals surface area (Å²) in [6.07, 6.45) is 4.52. The third-order valence-corrected chi connectivity index (χ3v) is 3.15. The van der Waals surface area contributed by atoms with Crippen molar-refractivity contribution in [3.05, 3.63) is 12.4 Å². The molecule has 0 aromatic carbocycles. The number of hydrogen-bond acceptors (Lipinski definition) is 5. The van der Waals surface area contributed by atoms with E-state index in [0.717, 1.165) is 0 Å². The van der Waals surface area contributed by atoms with Crippen molar-refractivity contribution in [3.8, 4) is 0 Å². The molecule has 2 rings (SSSR count). The van der Waals surface area contributed by atoms with Crippen LogP contribution in [-0.2, 0) is 20.9 Å². The molecule has 7 heteroatoms. The van der Waals surface area contributed by atoms with Gasteiger partial charge in [-0.2, -0.15) is 0 Å². The third-order valence-electron chi connectivity index (χ3n) is 3.15. The van der Waals surface area contributed by atoms with E-state index in [1.165, 1.54) is 18.0 Å². The molecule has 1 saturated heterocycles. The van der Waals surface area contributed by atoms with Crippen molar-refractivity contribution < 1.29 is 14.3 Å². The van der Waals surface area contributed by atoms with Crippen molar-refractivity contribution in [2.75, 3.05) is 20.2 Å². The molecule has 1 aromatic rings. The number of carbonyl (C=O) groups is 2. The van der Waals surface area contributed by atoms with Crippen molar-refractivity contribution in [2.24, 2.45) is 5.92 Å². The number of piperidine rings is 1. The second-order valence-electron chi connectivity index (χ2n) is 4.28. The van der Waals surface area contributed by atoms with Gasteiger partial charge in [0.2, 0.25) is 5.91 Å². The van der Waals surface area contributed by atoms with Gasteiger partial charge < -0.3 is 9.64 Å². The number of rotatable bonds is 3. The van der Waals surface area contributed by atoms with Gasteiger partial charge in [-0.05, 0) is 12.8 Å². The molecule has 18 heavy (non-hydrogen) atoms. The zero-order chi connectivity index (χ0) is 13.0. The van der Waals surface area contributed by atoms with Crippen LogP contribution < -0.4 is 0 Å². The quantitative estimate of drug-likeness (QED) is 0.690. The van der Waals surface area contributed by atoms with Crippen molar-refractivity contribution in [2.45, 2.75) is 19.4 Å². The second-order valence-corrected chi connectivity index (χ2v) is 4.28. The molecule has 1 aliphatic rings. The Bertz CT molecular complexity index is 410. The van der Waals surface area contributed by atoms with Gasteiger partial charge in [-0.3, -0.25) is 9.59 Å². The Labute approximate surface area is 105 Å². The minimum atomic E-state index is -0.182. The highest BCUT2D eigenvalue weighted by Gasteiger charge is 2.27. The van der Waals surface area contributed by atoms with Crippen molar-refractivity contribution in [3.63, 3.8) is 0 Å². The monoisotopic (exact) mass is 252 g/mol. The number of aromatic nitrogens is 3. The van der Waals surface area contributed by atoms with Gasteiger partial charge in [0.15, 0.2) is 0 Å². The van der Waals surface area contributed by atoms with E-state index < -0.39 is 0 Å². The third kappa shape index (κ3) is 2.85. The lowest BCUT2D eigenvalue weighted by atomic mass is 9.97. The number of esters is 1. The summed E-state index contributed by atoms with van der Waals surface area (Å²) >= 11 is 0. The van der Waals surface area contributed by atoms with Crippen LogP contribution in [0.5, 0.6) is 0 Å². The van der Waals surface area contributed by atoms with Crippen molar-refractivity contribution in [1.29, 1.82) is 0 Å². The highest BCUT2D eigenvalue weighted by molar-refractivity contribution is 5.77. The predicted octanol–water partition coefficient (Wildman–Crippen LogP) is -0.310. The van der Waals surface area contributed by atoms with Gasteiger partial charge >= 0.3 is 5.97 Å². The molecule has 0 saturated carbocycles. The Morgan fingerprint density at radius 1 is 1.39 bits per heavy atom. The van der Waals surface area contributed by atoms with Crippen LogP contribution in [0.4, 0.5) is 0 Å². The molecule has 0 spiro atoms. The molecule has 1 fully saturated rings. The molecule has 1 aliphatic heterocycles. The number of ether oxygens (including phenoxy) is 1. The van der Waals surface area contributed by atoms with E-state index in [1.54, 1.807) is 11.1 Å². The number of methoxy groups -OCH3 is 1. The second kappa shape index (κ2) is 5.61. The van der Waals surface area contributed by atoms with Gasteiger partial charge in [0, 0.05) is 19.3 Å². The van der Waals surface area contributed by atoms with Crippen LogP contribution >= 0.6 is 0 Å². The Balaban J connectivity index is 1.82. The van der Waals surface area contributed by atoms with Crippen LogP contribution in [0.1, 0.15) is 12.8 Å². The highest BCUT2D eigenvalue weighted by Crippen LogP contribution is 2.18. The molecule has 1 amide bonds. The Hall–Kier alpha value is -1.92. The summed E-state index contributed by atoms with van der Waals surface area (Å²) < 4.78 is 6.20. The molecule has 0 radical (unpaired) electrons. The summed E-state index contributed by atoms with van der Waals surface area (Å²) in [6, 6.07) is 0. The highest BCUT2D eigenvalue weighted by atomic mass is 16.5. The average molecular weight is 252 g/mol. The average Bonchev–Trinajstić information content (AvgIpc) is 2.91. The van der Waals surface area contributed by atoms with E-state index in [4.69, 9.17) is 4.74 Å². The fraction of sp³-hybridized carbons (Fsp3) is 0.636. The van der Waals surface area contributed by atoms with Gasteiger partial charge in [0.25, 0.3) is 0 Å². The summed E-state index contributed by atoms with van der Waals surface area (Å²) in [5.74, 6) is -0.257. The van der Waals surface area contributed by atoms with Crippen molar-refractivity contribution >= 4 is 11.9 Å². The number of nitrogens with zero attached hydrogens (tertiary/aromatic N) is 4. The van der Waals surface area contributed by atoms with Gasteiger partial charge in [0.05, 0.1) is 19.2 Å². The Morgan fingerprint density at radius 2 is 2.11 bits per heavy atom. The van der Waals surface area contributed by atoms with Crippen LogP contribution in [0.2, 0.25) is 0 Å². The van der Waals surface area contributed by atoms with E-state index >= 15 is 0 Å². The summed E-state index contributed by atoms with van der Waals surface area (Å²) in [6.45, 7) is 1.38. The molecule has 0 bridgehead atoms. The van der Waals surface area contributed by atoms with Crippen LogP contribution in [0.15, 0.2) is 12.4 Å². The molecule has 7 nitrogen and oxygen atoms in total. The van der Waals surface area contributed by atoms with Crippen LogP contribution in [0.3, 0.4) is 0 Å². The van der Waals surface area contributed by atoms with Crippen LogP contribution in [0.25, 0.3) is 0 Å². The molecule has 0 atom stereocenters. The summed E-state index contributed by atoms with van der Waals surface area (Å²) in [7, 11) is 1.39. The van der Waals surface area contributed by atoms with Crippen molar-refractivity contribution in [1.82, 2.24) is 19.9 Å². The smallest absolute Gasteiger partial charge is 0.308 e. The molecule has 98 valence electrons. The number of likely N-dealkylation sites (tertiary alicyclic amines) is 1. The summed E-state index contributed by atoms with van der Waals surface area (Å²) in [5.41, 5.74) is 0. The molecular weight excluding hydrogens is 236 g/mol. The number of hydrogen-bond donors (Lipinski definition) is 0. The van der Waals surface area contributed by atoms with E-state index in [1.807, 2.05) is 0 Å². The topological polar surface area (TPSA) is 77.3 Å². The SMILES string of the molecule is COC(=O)C1CCN(C(=O)Cn2ccnn2)CC1. The minimum absolute atomic E-state index is 0.00353. The molecule has 2 heterocycles. The Kier molecular flexibility index (Phi) is 3.91. The molecule has 0 unspecified atom stereocenters. The lowest BCUT2D eigenvalue weighted by molar-refractivity contribution is -0.149. The van der Waals surface area contributed by atoms with E-state index in [9.17, 15) is 9.59 Å². The van der Waals surface area contributed by atoms with E-state index in [0.29, 0.717) is 25.9 Å². The first-order valence-electron chi connectivity index (χ1n) is 5.90. The Morgan fingerprint density at radius 3 is 2.67 bits per heavy atom. The minimum Gasteiger partial charge on any atom is -0.469 e. The lowest BCUT2D eigenvalue weighted by Gasteiger charge is -2.30. The van der Waals surface area contributed by atoms with Gasteiger partial charge in [-0.15, -0.1) is 5.10 Å². The summed E-state index contributed by atoms with van der Waals surface area (Å²) in [4.78, 5) is 25.0. The normalized spacial score (nSPS) is 16.6. The molecular formula is C11H16N4O3. The summed E-state index contributed by atoms with van der Waals surface area (Å²) in [5, 5.41) is 7.40. The molecule has 1 aromatic heterocycles. The predicted molar refractivity (Wildman–Crippen MR) is 61.3 cm³/mol. The first-order chi connectivity index (χ1) is 8.70. The van der Waals surface area contributed by atoms with E-state index in [-0.39, 0.29) is 24.3 Å². The fourth-order valence-corrected chi connectivity index (χ4v) is 2.09. The number of carbonyl (C=O) groups excluding carboxylic acids is 2. The van der Waals surface area contributed by atoms with Gasteiger partial charge in [-0.25, -0.2) is 4.68 Å². The zero-order valence-electron chi connectivity index (χ0n) is 10.3. The van der Waals surface area contributed by atoms with Crippen LogP contribution in [-0.4, -0.2) is 52.0 Å². The number of amides is 1. The standard InChI is InChI=1S/C11H16N4O3/c1-18-11(17)9-2-5-14(6-3-9)10(16)8-15-7-4-12-13-15/h4,7,9H,2-3,5-6,8H2,1H3. The van der Waals surface area contributed by atoms with Crippen LogP contribution in [0, 0.1) is 5.92 Å². The fourth-order valence-electron chi connectivity index (χ4n) is 2.09. The largest absolute Gasteiger partial charge is 0.469 e. The zero-order valence-corrected chi connectivity index (χ0v) is 10.3. The lowest BCUT2D eigenvalue weighted by Crippen LogP contribution is -2.42. The molecule has 0 aliphatic carbocycles. The molecule has 0 N–H and O–H groups in total. The van der Waals surface area contributed by atoms with Gasteiger partial charge in [0.1, 0.15) is 6.54 Å².